The van der Waals surface area contributed by atoms with Gasteiger partial charge in [-0.3, -0.25) is 9.59 Å². The molecular formula is C19H19N3O3. The van der Waals surface area contributed by atoms with Gasteiger partial charge in [-0.25, -0.2) is 0 Å². The zero-order chi connectivity index (χ0) is 18.1. The van der Waals surface area contributed by atoms with Gasteiger partial charge < -0.3 is 15.8 Å². The fourth-order valence-electron chi connectivity index (χ4n) is 3.39. The zero-order valence-electron chi connectivity index (χ0n) is 14.1. The lowest BCUT2D eigenvalue weighted by Crippen LogP contribution is -2.29. The normalized spacial score (nSPS) is 22.8. The molecule has 3 N–H and O–H groups in total. The number of nitrogens with one attached hydrogen (secondary N) is 1. The molecule has 6 nitrogen and oxygen atoms in total. The number of hydrogen-bond acceptors (Lipinski definition) is 5. The van der Waals surface area contributed by atoms with Crippen LogP contribution in [0.15, 0.2) is 47.1 Å². The van der Waals surface area contributed by atoms with Gasteiger partial charge in [0.05, 0.1) is 5.92 Å². The predicted octanol–water partition coefficient (Wildman–Crippen LogP) is 2.71. The molecule has 0 saturated heterocycles. The third kappa shape index (κ3) is 3.13. The number of carbonyl (C=O) groups excluding carboxylic acids is 2. The van der Waals surface area contributed by atoms with E-state index in [-0.39, 0.29) is 29.1 Å². The van der Waals surface area contributed by atoms with E-state index in [1.165, 1.54) is 6.92 Å². The number of benzene rings is 1. The first-order valence-corrected chi connectivity index (χ1v) is 8.12. The number of amides is 1. The average molecular weight is 337 g/mol. The molecule has 1 aromatic rings. The molecule has 0 fully saturated rings. The molecule has 0 bridgehead atoms. The zero-order valence-corrected chi connectivity index (χ0v) is 14.1. The topological polar surface area (TPSA) is 105 Å². The van der Waals surface area contributed by atoms with E-state index in [2.05, 4.69) is 11.4 Å². The van der Waals surface area contributed by atoms with Gasteiger partial charge in [-0.15, -0.1) is 0 Å². The lowest BCUT2D eigenvalue weighted by molar-refractivity contribution is -0.117. The van der Waals surface area contributed by atoms with Crippen molar-refractivity contribution in [2.24, 2.45) is 11.7 Å². The number of nitrogens with zero attached hydrogens (tertiary/aromatic N) is 1. The molecule has 1 aliphatic heterocycles. The Hall–Kier alpha value is -3.07. The molecule has 1 heterocycles. The summed E-state index contributed by atoms with van der Waals surface area (Å²) < 4.78 is 5.60. The van der Waals surface area contributed by atoms with E-state index < -0.39 is 5.92 Å². The Kier molecular flexibility index (Phi) is 4.32. The smallest absolute Gasteiger partial charge is 0.221 e. The van der Waals surface area contributed by atoms with Crippen LogP contribution >= 0.6 is 0 Å². The van der Waals surface area contributed by atoms with Crippen LogP contribution in [0.3, 0.4) is 0 Å². The van der Waals surface area contributed by atoms with Crippen LogP contribution in [-0.4, -0.2) is 11.7 Å². The Morgan fingerprint density at radius 3 is 2.60 bits per heavy atom. The SMILES string of the molecule is CC(=O)Nc1ccc([C@H]2C(C#N)=C(N)OC3=C2C(=O)C[C@H](C)C3)cc1. The second-order valence-electron chi connectivity index (χ2n) is 6.50. The molecule has 6 heteroatoms. The first-order valence-electron chi connectivity index (χ1n) is 8.12. The van der Waals surface area contributed by atoms with Crippen molar-refractivity contribution in [3.05, 3.63) is 52.6 Å². The van der Waals surface area contributed by atoms with Crippen molar-refractivity contribution in [3.63, 3.8) is 0 Å². The van der Waals surface area contributed by atoms with Gasteiger partial charge in [0.25, 0.3) is 0 Å². The van der Waals surface area contributed by atoms with Crippen LogP contribution in [0, 0.1) is 17.2 Å². The van der Waals surface area contributed by atoms with E-state index in [0.717, 1.165) is 5.56 Å². The summed E-state index contributed by atoms with van der Waals surface area (Å²) in [5, 5.41) is 12.2. The highest BCUT2D eigenvalue weighted by molar-refractivity contribution is 5.99. The van der Waals surface area contributed by atoms with Crippen molar-refractivity contribution >= 4 is 17.4 Å². The van der Waals surface area contributed by atoms with E-state index >= 15 is 0 Å². The molecule has 0 saturated carbocycles. The fraction of sp³-hybridized carbons (Fsp3) is 0.316. The van der Waals surface area contributed by atoms with Crippen LogP contribution in [0.4, 0.5) is 5.69 Å². The second kappa shape index (κ2) is 6.44. The van der Waals surface area contributed by atoms with E-state index in [4.69, 9.17) is 10.5 Å². The highest BCUT2D eigenvalue weighted by atomic mass is 16.5. The van der Waals surface area contributed by atoms with Crippen molar-refractivity contribution < 1.29 is 14.3 Å². The molecule has 0 aromatic heterocycles. The molecule has 2 atom stereocenters. The number of anilines is 1. The summed E-state index contributed by atoms with van der Waals surface area (Å²) in [6, 6.07) is 9.16. The first-order chi connectivity index (χ1) is 11.9. The monoisotopic (exact) mass is 337 g/mol. The third-order valence-electron chi connectivity index (χ3n) is 4.43. The Morgan fingerprint density at radius 2 is 2.00 bits per heavy atom. The van der Waals surface area contributed by atoms with E-state index in [1.807, 2.05) is 6.92 Å². The average Bonchev–Trinajstić information content (AvgIpc) is 2.53. The van der Waals surface area contributed by atoms with Crippen LogP contribution in [-0.2, 0) is 14.3 Å². The van der Waals surface area contributed by atoms with Gasteiger partial charge in [-0.2, -0.15) is 5.26 Å². The minimum Gasteiger partial charge on any atom is -0.444 e. The van der Waals surface area contributed by atoms with Gasteiger partial charge in [0, 0.05) is 31.0 Å². The number of nitrogens with two attached hydrogens (primary N) is 1. The molecule has 1 aromatic carbocycles. The highest BCUT2D eigenvalue weighted by Crippen LogP contribution is 2.44. The number of Topliss-reactive ketones (excluding diaryl/α,β-unsaturated/α-hetero) is 1. The standard InChI is InChI=1S/C19H19N3O3/c1-10-7-15(24)18-16(8-10)25-19(21)14(9-20)17(18)12-3-5-13(6-4-12)22-11(2)23/h3-6,10,17H,7-8,21H2,1-2H3,(H,22,23)/t10-,17-/m0/s1. The lowest BCUT2D eigenvalue weighted by Gasteiger charge is -2.33. The van der Waals surface area contributed by atoms with Crippen molar-refractivity contribution in [3.8, 4) is 6.07 Å². The molecule has 0 unspecified atom stereocenters. The van der Waals surface area contributed by atoms with Crippen molar-refractivity contribution in [2.45, 2.75) is 32.6 Å². The first kappa shape index (κ1) is 16.8. The number of hydrogen-bond donors (Lipinski definition) is 2. The Bertz CT molecular complexity index is 844. The predicted molar refractivity (Wildman–Crippen MR) is 91.8 cm³/mol. The van der Waals surface area contributed by atoms with E-state index in [0.29, 0.717) is 29.9 Å². The van der Waals surface area contributed by atoms with Crippen molar-refractivity contribution in [1.29, 1.82) is 5.26 Å². The third-order valence-corrected chi connectivity index (χ3v) is 4.43. The van der Waals surface area contributed by atoms with E-state index in [1.54, 1.807) is 24.3 Å². The molecule has 1 aliphatic carbocycles. The van der Waals surface area contributed by atoms with E-state index in [9.17, 15) is 14.9 Å². The minimum absolute atomic E-state index is 0.00932. The maximum Gasteiger partial charge on any atom is 0.221 e. The van der Waals surface area contributed by atoms with Gasteiger partial charge in [0.15, 0.2) is 5.78 Å². The summed E-state index contributed by atoms with van der Waals surface area (Å²) in [5.74, 6) is 0.105. The van der Waals surface area contributed by atoms with Crippen LogP contribution in [0.5, 0.6) is 0 Å². The van der Waals surface area contributed by atoms with Crippen molar-refractivity contribution in [1.82, 2.24) is 0 Å². The van der Waals surface area contributed by atoms with Crippen LogP contribution in [0.25, 0.3) is 0 Å². The Labute approximate surface area is 146 Å². The Balaban J connectivity index is 2.06. The highest BCUT2D eigenvalue weighted by Gasteiger charge is 2.39. The summed E-state index contributed by atoms with van der Waals surface area (Å²) >= 11 is 0. The number of carbonyl (C=O) groups is 2. The van der Waals surface area contributed by atoms with Gasteiger partial charge in [-0.1, -0.05) is 19.1 Å². The minimum atomic E-state index is -0.528. The summed E-state index contributed by atoms with van der Waals surface area (Å²) in [6.45, 7) is 3.42. The summed E-state index contributed by atoms with van der Waals surface area (Å²) in [4.78, 5) is 23.8. The molecule has 3 rings (SSSR count). The molecule has 1 amide bonds. The maximum atomic E-state index is 12.6. The van der Waals surface area contributed by atoms with Crippen molar-refractivity contribution in [2.75, 3.05) is 5.32 Å². The Morgan fingerprint density at radius 1 is 1.32 bits per heavy atom. The fourth-order valence-corrected chi connectivity index (χ4v) is 3.39. The number of rotatable bonds is 2. The van der Waals surface area contributed by atoms with Gasteiger partial charge in [0.1, 0.15) is 17.4 Å². The summed E-state index contributed by atoms with van der Waals surface area (Å²) in [5.41, 5.74) is 8.13. The molecule has 128 valence electrons. The summed E-state index contributed by atoms with van der Waals surface area (Å²) in [7, 11) is 0. The number of ether oxygens (including phenoxy) is 1. The number of nitriles is 1. The van der Waals surface area contributed by atoms with Gasteiger partial charge >= 0.3 is 0 Å². The van der Waals surface area contributed by atoms with Crippen LogP contribution in [0.2, 0.25) is 0 Å². The summed E-state index contributed by atoms with van der Waals surface area (Å²) in [6.07, 6.45) is 1.06. The molecule has 25 heavy (non-hydrogen) atoms. The molecule has 0 spiro atoms. The number of ketones is 1. The largest absolute Gasteiger partial charge is 0.444 e. The lowest BCUT2D eigenvalue weighted by atomic mass is 9.75. The second-order valence-corrected chi connectivity index (χ2v) is 6.50. The maximum absolute atomic E-state index is 12.6. The molecule has 0 radical (unpaired) electrons. The number of allylic oxidation sites excluding steroid dienone is 3. The van der Waals surface area contributed by atoms with Crippen LogP contribution in [0.1, 0.15) is 38.2 Å². The van der Waals surface area contributed by atoms with Gasteiger partial charge in [0.2, 0.25) is 11.8 Å². The van der Waals surface area contributed by atoms with Crippen LogP contribution < -0.4 is 11.1 Å². The molecule has 2 aliphatic rings. The molecular weight excluding hydrogens is 318 g/mol. The quantitative estimate of drug-likeness (QED) is 0.863. The van der Waals surface area contributed by atoms with Gasteiger partial charge in [-0.05, 0) is 23.6 Å².